The van der Waals surface area contributed by atoms with E-state index in [4.69, 9.17) is 0 Å². The van der Waals surface area contributed by atoms with Crippen LogP contribution in [0.15, 0.2) is 18.2 Å². The summed E-state index contributed by atoms with van der Waals surface area (Å²) in [4.78, 5) is 13.7. The van der Waals surface area contributed by atoms with Crippen LogP contribution in [-0.4, -0.2) is 41.8 Å². The number of aliphatic hydroxyl groups excluding tert-OH is 1. The summed E-state index contributed by atoms with van der Waals surface area (Å²) in [7, 11) is 0. The van der Waals surface area contributed by atoms with Crippen molar-refractivity contribution in [1.82, 2.24) is 10.2 Å². The predicted molar refractivity (Wildman–Crippen MR) is 79.4 cm³/mol. The zero-order chi connectivity index (χ0) is 16.1. The number of likely N-dealkylation sites (tertiary alicyclic amines) is 1. The topological polar surface area (TPSA) is 52.6 Å². The van der Waals surface area contributed by atoms with E-state index in [9.17, 15) is 18.7 Å². The van der Waals surface area contributed by atoms with E-state index in [0.717, 1.165) is 12.8 Å². The summed E-state index contributed by atoms with van der Waals surface area (Å²) in [5.74, 6) is -0.949. The van der Waals surface area contributed by atoms with E-state index in [1.165, 1.54) is 18.2 Å². The highest BCUT2D eigenvalue weighted by Gasteiger charge is 2.25. The molecule has 0 saturated carbocycles. The third-order valence-corrected chi connectivity index (χ3v) is 4.22. The predicted octanol–water partition coefficient (Wildman–Crippen LogP) is 2.31. The van der Waals surface area contributed by atoms with Crippen LogP contribution in [0, 0.1) is 17.6 Å². The number of hydrogen-bond acceptors (Lipinski definition) is 2. The Balaban J connectivity index is 1.77. The van der Waals surface area contributed by atoms with E-state index >= 15 is 0 Å². The second kappa shape index (κ2) is 7.54. The minimum absolute atomic E-state index is 0.00406. The van der Waals surface area contributed by atoms with Gasteiger partial charge in [0.2, 0.25) is 0 Å². The van der Waals surface area contributed by atoms with E-state index in [1.807, 2.05) is 0 Å². The summed E-state index contributed by atoms with van der Waals surface area (Å²) in [6.45, 7) is 3.14. The van der Waals surface area contributed by atoms with Gasteiger partial charge in [0.1, 0.15) is 11.6 Å². The fourth-order valence-electron chi connectivity index (χ4n) is 2.76. The molecule has 1 aliphatic heterocycles. The smallest absolute Gasteiger partial charge is 0.317 e. The van der Waals surface area contributed by atoms with Gasteiger partial charge in [0.25, 0.3) is 0 Å². The molecule has 1 aromatic carbocycles. The van der Waals surface area contributed by atoms with Crippen molar-refractivity contribution in [3.63, 3.8) is 0 Å². The van der Waals surface area contributed by atoms with Crippen molar-refractivity contribution < 1.29 is 18.7 Å². The second-order valence-corrected chi connectivity index (χ2v) is 5.75. The van der Waals surface area contributed by atoms with E-state index in [1.54, 1.807) is 11.8 Å². The van der Waals surface area contributed by atoms with Gasteiger partial charge in [-0.05, 0) is 44.2 Å². The lowest BCUT2D eigenvalue weighted by atomic mass is 9.92. The number of amides is 2. The molecule has 2 N–H and O–H groups in total. The number of rotatable bonds is 4. The third-order valence-electron chi connectivity index (χ3n) is 4.22. The van der Waals surface area contributed by atoms with Crippen LogP contribution in [0.5, 0.6) is 0 Å². The molecule has 1 aliphatic rings. The maximum Gasteiger partial charge on any atom is 0.317 e. The molecule has 22 heavy (non-hydrogen) atoms. The number of nitrogens with zero attached hydrogens (tertiary/aromatic N) is 1. The van der Waals surface area contributed by atoms with Crippen molar-refractivity contribution >= 4 is 6.03 Å². The number of benzene rings is 1. The van der Waals surface area contributed by atoms with Crippen molar-refractivity contribution in [3.8, 4) is 0 Å². The van der Waals surface area contributed by atoms with E-state index < -0.39 is 11.6 Å². The fraction of sp³-hybridized carbons (Fsp3) is 0.562. The first-order chi connectivity index (χ1) is 10.5. The lowest BCUT2D eigenvalue weighted by Gasteiger charge is -2.33. The normalized spacial score (nSPS) is 17.4. The largest absolute Gasteiger partial charge is 0.393 e. The van der Waals surface area contributed by atoms with Crippen LogP contribution in [0.3, 0.4) is 0 Å². The Morgan fingerprint density at radius 3 is 2.50 bits per heavy atom. The highest BCUT2D eigenvalue weighted by molar-refractivity contribution is 5.74. The van der Waals surface area contributed by atoms with Gasteiger partial charge in [-0.15, -0.1) is 0 Å². The van der Waals surface area contributed by atoms with Gasteiger partial charge in [-0.3, -0.25) is 0 Å². The molecule has 1 aromatic rings. The molecule has 0 aromatic heterocycles. The van der Waals surface area contributed by atoms with Crippen LogP contribution in [0.25, 0.3) is 0 Å². The number of nitrogens with one attached hydrogen (secondary N) is 1. The Kier molecular flexibility index (Phi) is 5.71. The molecule has 0 radical (unpaired) electrons. The fourth-order valence-corrected chi connectivity index (χ4v) is 2.76. The quantitative estimate of drug-likeness (QED) is 0.896. The van der Waals surface area contributed by atoms with Crippen LogP contribution < -0.4 is 5.32 Å². The van der Waals surface area contributed by atoms with Crippen molar-refractivity contribution in [3.05, 3.63) is 35.4 Å². The Morgan fingerprint density at radius 2 is 1.95 bits per heavy atom. The summed E-state index contributed by atoms with van der Waals surface area (Å²) in [6.07, 6.45) is 1.31. The number of carbonyl (C=O) groups is 1. The van der Waals surface area contributed by atoms with Crippen LogP contribution in [0.1, 0.15) is 25.3 Å². The first-order valence-electron chi connectivity index (χ1n) is 7.62. The van der Waals surface area contributed by atoms with Crippen molar-refractivity contribution in [2.45, 2.75) is 32.3 Å². The van der Waals surface area contributed by atoms with Crippen molar-refractivity contribution in [1.29, 1.82) is 0 Å². The van der Waals surface area contributed by atoms with Crippen LogP contribution >= 0.6 is 0 Å². The second-order valence-electron chi connectivity index (χ2n) is 5.75. The first kappa shape index (κ1) is 16.7. The molecule has 1 fully saturated rings. The number of aliphatic hydroxyl groups is 1. The standard InChI is InChI=1S/C16H22F2N2O2/c1-11(21)12-6-9-20(10-7-12)16(22)19-8-5-13-14(17)3-2-4-15(13)18/h2-4,11-12,21H,5-10H2,1H3,(H,19,22). The molecule has 0 spiro atoms. The summed E-state index contributed by atoms with van der Waals surface area (Å²) >= 11 is 0. The molecule has 1 atom stereocenters. The Hall–Kier alpha value is -1.69. The van der Waals surface area contributed by atoms with Gasteiger partial charge < -0.3 is 15.3 Å². The minimum Gasteiger partial charge on any atom is -0.393 e. The van der Waals surface area contributed by atoms with E-state index in [0.29, 0.717) is 13.1 Å². The average Bonchev–Trinajstić information content (AvgIpc) is 2.50. The van der Waals surface area contributed by atoms with Gasteiger partial charge in [-0.25, -0.2) is 13.6 Å². The minimum atomic E-state index is -0.591. The number of carbonyl (C=O) groups excluding carboxylic acids is 1. The summed E-state index contributed by atoms with van der Waals surface area (Å²) in [6, 6.07) is 3.52. The molecule has 0 aliphatic carbocycles. The SMILES string of the molecule is CC(O)C1CCN(C(=O)NCCc2c(F)cccc2F)CC1. The Bertz CT molecular complexity index is 495. The molecule has 1 unspecified atom stereocenters. The van der Waals surface area contributed by atoms with Crippen molar-refractivity contribution in [2.75, 3.05) is 19.6 Å². The Morgan fingerprint density at radius 1 is 1.36 bits per heavy atom. The first-order valence-corrected chi connectivity index (χ1v) is 7.62. The zero-order valence-corrected chi connectivity index (χ0v) is 12.7. The van der Waals surface area contributed by atoms with Gasteiger partial charge in [-0.1, -0.05) is 6.07 Å². The molecule has 2 rings (SSSR count). The number of hydrogen-bond donors (Lipinski definition) is 2. The zero-order valence-electron chi connectivity index (χ0n) is 12.7. The number of halogens is 2. The number of piperidine rings is 1. The van der Waals surface area contributed by atoms with Gasteiger partial charge >= 0.3 is 6.03 Å². The highest BCUT2D eigenvalue weighted by Crippen LogP contribution is 2.20. The molecule has 4 nitrogen and oxygen atoms in total. The summed E-state index contributed by atoms with van der Waals surface area (Å²) in [5.41, 5.74) is -0.00406. The van der Waals surface area contributed by atoms with Crippen LogP contribution in [-0.2, 0) is 6.42 Å². The summed E-state index contributed by atoms with van der Waals surface area (Å²) in [5, 5.41) is 12.2. The maximum absolute atomic E-state index is 13.5. The third kappa shape index (κ3) is 4.16. The monoisotopic (exact) mass is 312 g/mol. The van der Waals surface area contributed by atoms with E-state index in [2.05, 4.69) is 5.32 Å². The summed E-state index contributed by atoms with van der Waals surface area (Å²) < 4.78 is 26.9. The molecule has 1 saturated heterocycles. The van der Waals surface area contributed by atoms with Gasteiger partial charge in [0, 0.05) is 25.2 Å². The molecule has 122 valence electrons. The number of urea groups is 1. The molecule has 1 heterocycles. The lowest BCUT2D eigenvalue weighted by molar-refractivity contribution is 0.0799. The Labute approximate surface area is 129 Å². The lowest BCUT2D eigenvalue weighted by Crippen LogP contribution is -2.46. The molecule has 0 bridgehead atoms. The molecule has 2 amide bonds. The van der Waals surface area contributed by atoms with Gasteiger partial charge in [0.15, 0.2) is 0 Å². The van der Waals surface area contributed by atoms with Gasteiger partial charge in [-0.2, -0.15) is 0 Å². The van der Waals surface area contributed by atoms with E-state index in [-0.39, 0.29) is 36.6 Å². The molecule has 6 heteroatoms. The highest BCUT2D eigenvalue weighted by atomic mass is 19.1. The van der Waals surface area contributed by atoms with Crippen molar-refractivity contribution in [2.24, 2.45) is 5.92 Å². The molecular weight excluding hydrogens is 290 g/mol. The maximum atomic E-state index is 13.5. The molecular formula is C16H22F2N2O2. The van der Waals surface area contributed by atoms with Crippen LogP contribution in [0.2, 0.25) is 0 Å². The van der Waals surface area contributed by atoms with Gasteiger partial charge in [0.05, 0.1) is 6.10 Å². The van der Waals surface area contributed by atoms with Crippen LogP contribution in [0.4, 0.5) is 13.6 Å². The average molecular weight is 312 g/mol.